The number of ether oxygens (including phenoxy) is 2. The number of rotatable bonds is 6. The van der Waals surface area contributed by atoms with Crippen molar-refractivity contribution in [1.29, 1.82) is 0 Å². The molecule has 0 unspecified atom stereocenters. The molecule has 5 nitrogen and oxygen atoms in total. The summed E-state index contributed by atoms with van der Waals surface area (Å²) in [5, 5.41) is 2.88. The topological polar surface area (TPSA) is 64.6 Å². The van der Waals surface area contributed by atoms with Gasteiger partial charge in [-0.15, -0.1) is 0 Å². The van der Waals surface area contributed by atoms with Crippen LogP contribution in [0.5, 0.6) is 5.75 Å². The fourth-order valence-electron chi connectivity index (χ4n) is 1.76. The molecule has 0 aromatic heterocycles. The first-order chi connectivity index (χ1) is 11.5. The summed E-state index contributed by atoms with van der Waals surface area (Å²) in [6.45, 7) is 1.05. The third-order valence-corrected chi connectivity index (χ3v) is 3.28. The van der Waals surface area contributed by atoms with Gasteiger partial charge in [0.05, 0.1) is 5.02 Å². The zero-order valence-corrected chi connectivity index (χ0v) is 13.5. The first-order valence-electron chi connectivity index (χ1n) is 7.09. The molecular weight excluding hydrogens is 337 g/mol. The lowest BCUT2D eigenvalue weighted by atomic mass is 10.3. The van der Waals surface area contributed by atoms with Crippen molar-refractivity contribution in [1.82, 2.24) is 0 Å². The van der Waals surface area contributed by atoms with Crippen LogP contribution in [0.25, 0.3) is 0 Å². The van der Waals surface area contributed by atoms with Crippen LogP contribution in [0.15, 0.2) is 48.5 Å². The molecule has 0 aliphatic heterocycles. The summed E-state index contributed by atoms with van der Waals surface area (Å²) >= 11 is 5.90. The van der Waals surface area contributed by atoms with Gasteiger partial charge in [0, 0.05) is 5.69 Å². The number of nitrogens with one attached hydrogen (secondary N) is 1. The number of carbonyl (C=O) groups is 2. The molecule has 0 aliphatic rings. The largest absolute Gasteiger partial charge is 0.480 e. The summed E-state index contributed by atoms with van der Waals surface area (Å²) in [7, 11) is 0. The Kier molecular flexibility index (Phi) is 6.14. The van der Waals surface area contributed by atoms with E-state index < -0.39 is 23.8 Å². The number of halogens is 2. The van der Waals surface area contributed by atoms with Crippen LogP contribution in [-0.2, 0) is 14.3 Å². The van der Waals surface area contributed by atoms with Crippen molar-refractivity contribution in [2.45, 2.75) is 13.0 Å². The summed E-state index contributed by atoms with van der Waals surface area (Å²) < 4.78 is 23.0. The predicted molar refractivity (Wildman–Crippen MR) is 87.5 cm³/mol. The van der Waals surface area contributed by atoms with E-state index in [0.717, 1.165) is 0 Å². The van der Waals surface area contributed by atoms with Crippen LogP contribution in [0.2, 0.25) is 5.02 Å². The monoisotopic (exact) mass is 351 g/mol. The van der Waals surface area contributed by atoms with Crippen molar-refractivity contribution >= 4 is 29.2 Å². The van der Waals surface area contributed by atoms with E-state index in [1.54, 1.807) is 24.3 Å². The number of hydrogen-bond acceptors (Lipinski definition) is 4. The van der Waals surface area contributed by atoms with Gasteiger partial charge in [-0.25, -0.2) is 9.18 Å². The van der Waals surface area contributed by atoms with Crippen LogP contribution in [0.1, 0.15) is 6.92 Å². The molecule has 0 fully saturated rings. The number of anilines is 1. The minimum atomic E-state index is -1.03. The molecule has 0 radical (unpaired) electrons. The lowest BCUT2D eigenvalue weighted by Crippen LogP contribution is -2.31. The Balaban J connectivity index is 1.81. The average Bonchev–Trinajstić information content (AvgIpc) is 2.56. The average molecular weight is 352 g/mol. The van der Waals surface area contributed by atoms with Crippen molar-refractivity contribution < 1.29 is 23.5 Å². The normalized spacial score (nSPS) is 11.5. The van der Waals surface area contributed by atoms with Crippen LogP contribution >= 0.6 is 11.6 Å². The zero-order chi connectivity index (χ0) is 17.5. The summed E-state index contributed by atoms with van der Waals surface area (Å²) in [5.74, 6) is -1.31. The second-order valence-electron chi connectivity index (χ2n) is 4.85. The van der Waals surface area contributed by atoms with E-state index >= 15 is 0 Å². The van der Waals surface area contributed by atoms with E-state index in [4.69, 9.17) is 21.1 Å². The molecule has 0 bridgehead atoms. The van der Waals surface area contributed by atoms with Crippen LogP contribution < -0.4 is 10.1 Å². The third-order valence-electron chi connectivity index (χ3n) is 2.97. The maximum atomic E-state index is 12.8. The smallest absolute Gasteiger partial charge is 0.344 e. The molecule has 2 rings (SSSR count). The van der Waals surface area contributed by atoms with Gasteiger partial charge in [-0.3, -0.25) is 4.79 Å². The van der Waals surface area contributed by atoms with Crippen molar-refractivity contribution in [3.05, 3.63) is 59.4 Å². The van der Waals surface area contributed by atoms with Crippen molar-refractivity contribution in [3.63, 3.8) is 0 Å². The van der Waals surface area contributed by atoms with E-state index in [2.05, 4.69) is 5.32 Å². The van der Waals surface area contributed by atoms with Crippen LogP contribution in [0.3, 0.4) is 0 Å². The standard InChI is InChI=1S/C17H15ClFNO4/c1-11(17(22)20-13-8-6-12(19)7-9-13)24-16(21)10-23-15-5-3-2-4-14(15)18/h2-9,11H,10H2,1H3,(H,20,22)/t11-/m1/s1. The Morgan fingerprint density at radius 3 is 2.50 bits per heavy atom. The molecule has 2 aromatic carbocycles. The van der Waals surface area contributed by atoms with Gasteiger partial charge in [0.1, 0.15) is 11.6 Å². The number of hydrogen-bond donors (Lipinski definition) is 1. The summed E-state index contributed by atoms with van der Waals surface area (Å²) in [4.78, 5) is 23.6. The Labute approximate surface area is 143 Å². The van der Waals surface area contributed by atoms with E-state index in [9.17, 15) is 14.0 Å². The van der Waals surface area contributed by atoms with Gasteiger partial charge >= 0.3 is 5.97 Å². The van der Waals surface area contributed by atoms with Gasteiger partial charge < -0.3 is 14.8 Å². The van der Waals surface area contributed by atoms with Crippen LogP contribution in [0.4, 0.5) is 10.1 Å². The number of carbonyl (C=O) groups excluding carboxylic acids is 2. The highest BCUT2D eigenvalue weighted by molar-refractivity contribution is 6.32. The lowest BCUT2D eigenvalue weighted by Gasteiger charge is -2.14. The minimum Gasteiger partial charge on any atom is -0.480 e. The first kappa shape index (κ1) is 17.7. The number of amides is 1. The number of benzene rings is 2. The molecule has 0 aliphatic carbocycles. The van der Waals surface area contributed by atoms with Crippen LogP contribution in [-0.4, -0.2) is 24.6 Å². The summed E-state index contributed by atoms with van der Waals surface area (Å²) in [5.41, 5.74) is 0.400. The highest BCUT2D eigenvalue weighted by atomic mass is 35.5. The summed E-state index contributed by atoms with van der Waals surface area (Å²) in [6, 6.07) is 11.9. The number of esters is 1. The zero-order valence-electron chi connectivity index (χ0n) is 12.8. The van der Waals surface area contributed by atoms with E-state index in [1.165, 1.54) is 31.2 Å². The van der Waals surface area contributed by atoms with Crippen molar-refractivity contribution in [3.8, 4) is 5.75 Å². The third kappa shape index (κ3) is 5.24. The molecule has 7 heteroatoms. The fourth-order valence-corrected chi connectivity index (χ4v) is 1.95. The molecule has 0 saturated carbocycles. The molecule has 1 amide bonds. The SMILES string of the molecule is C[C@@H](OC(=O)COc1ccccc1Cl)C(=O)Nc1ccc(F)cc1. The minimum absolute atomic E-state index is 0.347. The molecular formula is C17H15ClFNO4. The quantitative estimate of drug-likeness (QED) is 0.810. The lowest BCUT2D eigenvalue weighted by molar-refractivity contribution is -0.155. The maximum Gasteiger partial charge on any atom is 0.344 e. The van der Waals surface area contributed by atoms with Gasteiger partial charge in [0.25, 0.3) is 5.91 Å². The molecule has 0 spiro atoms. The summed E-state index contributed by atoms with van der Waals surface area (Å²) in [6.07, 6.45) is -1.03. The van der Waals surface area contributed by atoms with Gasteiger partial charge in [-0.1, -0.05) is 23.7 Å². The highest BCUT2D eigenvalue weighted by Crippen LogP contribution is 2.22. The Morgan fingerprint density at radius 2 is 1.83 bits per heavy atom. The Bertz CT molecular complexity index is 721. The molecule has 2 aromatic rings. The number of para-hydroxylation sites is 1. The predicted octanol–water partition coefficient (Wildman–Crippen LogP) is 3.43. The molecule has 24 heavy (non-hydrogen) atoms. The van der Waals surface area contributed by atoms with Gasteiger partial charge in [0.15, 0.2) is 12.7 Å². The van der Waals surface area contributed by atoms with E-state index in [-0.39, 0.29) is 6.61 Å². The fraction of sp³-hybridized carbons (Fsp3) is 0.176. The van der Waals surface area contributed by atoms with Crippen molar-refractivity contribution in [2.24, 2.45) is 0 Å². The Hall–Kier alpha value is -2.60. The molecule has 126 valence electrons. The highest BCUT2D eigenvalue weighted by Gasteiger charge is 2.18. The first-order valence-corrected chi connectivity index (χ1v) is 7.47. The molecule has 0 saturated heterocycles. The molecule has 1 N–H and O–H groups in total. The molecule has 1 atom stereocenters. The van der Waals surface area contributed by atoms with E-state index in [0.29, 0.717) is 16.5 Å². The van der Waals surface area contributed by atoms with Gasteiger partial charge in [-0.2, -0.15) is 0 Å². The maximum absolute atomic E-state index is 12.8. The van der Waals surface area contributed by atoms with Gasteiger partial charge in [-0.05, 0) is 43.3 Å². The second-order valence-corrected chi connectivity index (χ2v) is 5.25. The van der Waals surface area contributed by atoms with Crippen LogP contribution in [0, 0.1) is 5.82 Å². The Morgan fingerprint density at radius 1 is 1.17 bits per heavy atom. The molecule has 0 heterocycles. The van der Waals surface area contributed by atoms with Gasteiger partial charge in [0.2, 0.25) is 0 Å². The van der Waals surface area contributed by atoms with E-state index in [1.807, 2.05) is 0 Å². The second kappa shape index (κ2) is 8.31. The van der Waals surface area contributed by atoms with Crippen molar-refractivity contribution in [2.75, 3.05) is 11.9 Å².